The molecule has 1 aromatic heterocycles. The molecule has 0 aliphatic carbocycles. The number of nitrogens with one attached hydrogen (secondary N) is 1. The van der Waals surface area contributed by atoms with Crippen LogP contribution < -0.4 is 5.32 Å². The lowest BCUT2D eigenvalue weighted by Crippen LogP contribution is -2.19. The first kappa shape index (κ1) is 12.2. The highest BCUT2D eigenvalue weighted by Gasteiger charge is 2.08. The molecule has 2 N–H and O–H groups in total. The first-order chi connectivity index (χ1) is 7.04. The molecular weight excluding hydrogens is 214 g/mol. The van der Waals surface area contributed by atoms with Crippen LogP contribution in [-0.4, -0.2) is 27.7 Å². The van der Waals surface area contributed by atoms with E-state index >= 15 is 0 Å². The van der Waals surface area contributed by atoms with Gasteiger partial charge in [-0.2, -0.15) is 0 Å². The number of hydrogen-bond acceptors (Lipinski definition) is 4. The summed E-state index contributed by atoms with van der Waals surface area (Å²) in [5.41, 5.74) is 0.811. The summed E-state index contributed by atoms with van der Waals surface area (Å²) in [4.78, 5) is 8.25. The molecule has 0 amide bonds. The minimum absolute atomic E-state index is 0.363. The van der Waals surface area contributed by atoms with E-state index in [0.29, 0.717) is 29.8 Å². The lowest BCUT2D eigenvalue weighted by molar-refractivity contribution is 0.183. The van der Waals surface area contributed by atoms with Crippen molar-refractivity contribution in [3.8, 4) is 0 Å². The van der Waals surface area contributed by atoms with E-state index in [0.717, 1.165) is 5.56 Å². The van der Waals surface area contributed by atoms with Crippen molar-refractivity contribution >= 4 is 17.4 Å². The van der Waals surface area contributed by atoms with Crippen molar-refractivity contribution in [1.82, 2.24) is 9.97 Å². The molecule has 1 atom stereocenters. The molecule has 0 saturated carbocycles. The van der Waals surface area contributed by atoms with E-state index in [9.17, 15) is 5.11 Å². The van der Waals surface area contributed by atoms with E-state index in [2.05, 4.69) is 15.3 Å². The maximum absolute atomic E-state index is 9.41. The zero-order valence-electron chi connectivity index (χ0n) is 9.21. The zero-order chi connectivity index (χ0) is 11.4. The Morgan fingerprint density at radius 1 is 1.40 bits per heavy atom. The molecule has 0 aliphatic heterocycles. The zero-order valence-corrected chi connectivity index (χ0v) is 9.97. The first-order valence-electron chi connectivity index (χ1n) is 4.97. The summed E-state index contributed by atoms with van der Waals surface area (Å²) in [6.07, 6.45) is 0.350. The van der Waals surface area contributed by atoms with E-state index in [-0.39, 0.29) is 6.10 Å². The van der Waals surface area contributed by atoms with Gasteiger partial charge in [-0.25, -0.2) is 9.97 Å². The van der Waals surface area contributed by atoms with Crippen molar-refractivity contribution in [3.63, 3.8) is 0 Å². The molecule has 1 rings (SSSR count). The molecule has 0 aliphatic rings. The average Bonchev–Trinajstić information content (AvgIpc) is 2.20. The predicted molar refractivity (Wildman–Crippen MR) is 61.3 cm³/mol. The van der Waals surface area contributed by atoms with Crippen molar-refractivity contribution in [1.29, 1.82) is 0 Å². The Labute approximate surface area is 94.7 Å². The second-order valence-corrected chi connectivity index (χ2v) is 3.84. The fourth-order valence-corrected chi connectivity index (χ4v) is 1.34. The van der Waals surface area contributed by atoms with Crippen molar-refractivity contribution in [3.05, 3.63) is 16.5 Å². The van der Waals surface area contributed by atoms with Gasteiger partial charge in [0.05, 0.1) is 6.10 Å². The number of nitrogens with zero attached hydrogens (tertiary/aromatic N) is 2. The van der Waals surface area contributed by atoms with E-state index < -0.39 is 0 Å². The Kier molecular flexibility index (Phi) is 4.29. The molecule has 1 heterocycles. The standard InChI is InChI=1S/C10H16ClN3O/c1-4-8(15)5-12-10-6(2)9(11)13-7(3)14-10/h8,15H,4-5H2,1-3H3,(H,12,13,14). The molecular formula is C10H16ClN3O. The van der Waals surface area contributed by atoms with Crippen molar-refractivity contribution in [2.24, 2.45) is 0 Å². The number of halogens is 1. The van der Waals surface area contributed by atoms with Gasteiger partial charge in [-0.3, -0.25) is 0 Å². The number of aliphatic hydroxyl groups excluding tert-OH is 1. The molecule has 1 aromatic rings. The molecule has 0 radical (unpaired) electrons. The van der Waals surface area contributed by atoms with Gasteiger partial charge >= 0.3 is 0 Å². The molecule has 1 unspecified atom stereocenters. The maximum Gasteiger partial charge on any atom is 0.137 e. The van der Waals surface area contributed by atoms with Crippen LogP contribution in [0.4, 0.5) is 5.82 Å². The Balaban J connectivity index is 2.76. The Morgan fingerprint density at radius 2 is 2.07 bits per heavy atom. The maximum atomic E-state index is 9.41. The Morgan fingerprint density at radius 3 is 2.67 bits per heavy atom. The number of rotatable bonds is 4. The monoisotopic (exact) mass is 229 g/mol. The summed E-state index contributed by atoms with van der Waals surface area (Å²) in [5.74, 6) is 1.32. The molecule has 0 fully saturated rings. The number of anilines is 1. The van der Waals surface area contributed by atoms with Crippen LogP contribution >= 0.6 is 11.6 Å². The summed E-state index contributed by atoms with van der Waals surface area (Å²) in [6, 6.07) is 0. The quantitative estimate of drug-likeness (QED) is 0.775. The minimum Gasteiger partial charge on any atom is -0.391 e. The van der Waals surface area contributed by atoms with E-state index in [1.807, 2.05) is 13.8 Å². The number of aryl methyl sites for hydroxylation is 1. The van der Waals surface area contributed by atoms with Gasteiger partial charge in [0.25, 0.3) is 0 Å². The first-order valence-corrected chi connectivity index (χ1v) is 5.35. The van der Waals surface area contributed by atoms with Crippen LogP contribution in [0.25, 0.3) is 0 Å². The van der Waals surface area contributed by atoms with Gasteiger partial charge in [0.2, 0.25) is 0 Å². The fourth-order valence-electron chi connectivity index (χ4n) is 1.13. The highest BCUT2D eigenvalue weighted by molar-refractivity contribution is 6.30. The number of aliphatic hydroxyl groups is 1. The number of hydrogen-bond donors (Lipinski definition) is 2. The van der Waals surface area contributed by atoms with Crippen LogP contribution in [0.5, 0.6) is 0 Å². The van der Waals surface area contributed by atoms with Gasteiger partial charge in [0.1, 0.15) is 16.8 Å². The van der Waals surface area contributed by atoms with Crippen LogP contribution in [0.2, 0.25) is 5.15 Å². The molecule has 0 saturated heterocycles. The van der Waals surface area contributed by atoms with Crippen molar-refractivity contribution in [2.45, 2.75) is 33.3 Å². The third-order valence-corrected chi connectivity index (χ3v) is 2.54. The van der Waals surface area contributed by atoms with Gasteiger partial charge in [0.15, 0.2) is 0 Å². The van der Waals surface area contributed by atoms with Gasteiger partial charge in [-0.15, -0.1) is 0 Å². The lowest BCUT2D eigenvalue weighted by Gasteiger charge is -2.12. The topological polar surface area (TPSA) is 58.0 Å². The van der Waals surface area contributed by atoms with Crippen LogP contribution in [0.15, 0.2) is 0 Å². The third kappa shape index (κ3) is 3.32. The fraction of sp³-hybridized carbons (Fsp3) is 0.600. The summed E-state index contributed by atoms with van der Waals surface area (Å²) in [7, 11) is 0. The van der Waals surface area contributed by atoms with Crippen LogP contribution in [-0.2, 0) is 0 Å². The molecule has 4 nitrogen and oxygen atoms in total. The summed E-state index contributed by atoms with van der Waals surface area (Å²) in [6.45, 7) is 6.04. The van der Waals surface area contributed by atoms with Gasteiger partial charge in [-0.05, 0) is 20.3 Å². The second kappa shape index (κ2) is 5.28. The Hall–Kier alpha value is -0.870. The molecule has 0 spiro atoms. The Bertz CT molecular complexity index is 344. The average molecular weight is 230 g/mol. The summed E-state index contributed by atoms with van der Waals surface area (Å²) in [5, 5.41) is 12.9. The second-order valence-electron chi connectivity index (χ2n) is 3.48. The predicted octanol–water partition coefficient (Wildman–Crippen LogP) is 1.93. The van der Waals surface area contributed by atoms with Crippen LogP contribution in [0.1, 0.15) is 24.7 Å². The van der Waals surface area contributed by atoms with Crippen LogP contribution in [0, 0.1) is 13.8 Å². The van der Waals surface area contributed by atoms with E-state index in [1.165, 1.54) is 0 Å². The summed E-state index contributed by atoms with van der Waals surface area (Å²) < 4.78 is 0. The van der Waals surface area contributed by atoms with E-state index in [1.54, 1.807) is 6.92 Å². The van der Waals surface area contributed by atoms with Gasteiger partial charge in [0, 0.05) is 12.1 Å². The summed E-state index contributed by atoms with van der Waals surface area (Å²) >= 11 is 5.91. The highest BCUT2D eigenvalue weighted by Crippen LogP contribution is 2.19. The minimum atomic E-state index is -0.363. The molecule has 15 heavy (non-hydrogen) atoms. The molecule has 84 valence electrons. The number of aromatic nitrogens is 2. The third-order valence-electron chi connectivity index (χ3n) is 2.17. The van der Waals surface area contributed by atoms with Crippen molar-refractivity contribution in [2.75, 3.05) is 11.9 Å². The lowest BCUT2D eigenvalue weighted by atomic mass is 10.2. The van der Waals surface area contributed by atoms with Gasteiger partial charge < -0.3 is 10.4 Å². The molecule has 5 heteroatoms. The highest BCUT2D eigenvalue weighted by atomic mass is 35.5. The largest absolute Gasteiger partial charge is 0.391 e. The van der Waals surface area contributed by atoms with Gasteiger partial charge in [-0.1, -0.05) is 18.5 Å². The smallest absolute Gasteiger partial charge is 0.137 e. The molecule has 0 bridgehead atoms. The molecule has 0 aromatic carbocycles. The van der Waals surface area contributed by atoms with E-state index in [4.69, 9.17) is 11.6 Å². The normalized spacial score (nSPS) is 12.6. The van der Waals surface area contributed by atoms with Crippen LogP contribution in [0.3, 0.4) is 0 Å². The SMILES string of the molecule is CCC(O)CNc1nc(C)nc(Cl)c1C. The van der Waals surface area contributed by atoms with Crippen molar-refractivity contribution < 1.29 is 5.11 Å².